The monoisotopic (exact) mass is 138 g/mol. The number of rotatable bonds is 2. The Hall–Kier alpha value is -1.12. The van der Waals surface area contributed by atoms with Crippen LogP contribution in [0.1, 0.15) is 12.8 Å². The standard InChI is InChI=1S/C7H8NO2/c1-2-5-8-6(9)3-4-7(8)10/h1-2H,3-5H2. The molecule has 2 amide bonds. The van der Waals surface area contributed by atoms with Crippen LogP contribution in [0.3, 0.4) is 0 Å². The average Bonchev–Trinajstić information content (AvgIpc) is 2.20. The zero-order chi connectivity index (χ0) is 7.56. The Morgan fingerprint density at radius 1 is 1.40 bits per heavy atom. The molecule has 1 heterocycles. The molecule has 0 N–H and O–H groups in total. The van der Waals surface area contributed by atoms with E-state index in [1.54, 1.807) is 0 Å². The van der Waals surface area contributed by atoms with Gasteiger partial charge in [-0.3, -0.25) is 14.5 Å². The molecular formula is C7H8NO2. The number of carbonyl (C=O) groups is 2. The van der Waals surface area contributed by atoms with E-state index in [2.05, 4.69) is 0 Å². The second-order valence-corrected chi connectivity index (χ2v) is 2.13. The maximum Gasteiger partial charge on any atom is 0.229 e. The molecule has 0 saturated carbocycles. The van der Waals surface area contributed by atoms with Crippen molar-refractivity contribution in [2.24, 2.45) is 0 Å². The highest BCUT2D eigenvalue weighted by Gasteiger charge is 2.27. The molecule has 1 aliphatic rings. The first-order chi connectivity index (χ1) is 4.75. The van der Waals surface area contributed by atoms with E-state index in [0.29, 0.717) is 12.8 Å². The van der Waals surface area contributed by atoms with Crippen LogP contribution in [-0.4, -0.2) is 23.3 Å². The lowest BCUT2D eigenvalue weighted by atomic mass is 10.4. The Balaban J connectivity index is 2.62. The topological polar surface area (TPSA) is 37.4 Å². The Bertz CT molecular complexity index is 170. The number of amides is 2. The van der Waals surface area contributed by atoms with Crippen LogP contribution >= 0.6 is 0 Å². The third-order valence-electron chi connectivity index (χ3n) is 1.44. The van der Waals surface area contributed by atoms with Crippen molar-refractivity contribution in [3.8, 4) is 0 Å². The highest BCUT2D eigenvalue weighted by molar-refractivity contribution is 6.02. The summed E-state index contributed by atoms with van der Waals surface area (Å²) >= 11 is 0. The summed E-state index contributed by atoms with van der Waals surface area (Å²) in [7, 11) is 0. The van der Waals surface area contributed by atoms with E-state index >= 15 is 0 Å². The van der Waals surface area contributed by atoms with Crippen molar-refractivity contribution >= 4 is 11.8 Å². The Morgan fingerprint density at radius 3 is 2.30 bits per heavy atom. The van der Waals surface area contributed by atoms with E-state index in [-0.39, 0.29) is 18.4 Å². The molecule has 0 aromatic carbocycles. The van der Waals surface area contributed by atoms with E-state index in [0.717, 1.165) is 0 Å². The summed E-state index contributed by atoms with van der Waals surface area (Å²) < 4.78 is 0. The van der Waals surface area contributed by atoms with E-state index in [1.165, 1.54) is 11.0 Å². The van der Waals surface area contributed by atoms with Crippen LogP contribution in [0.2, 0.25) is 0 Å². The number of hydrogen-bond donors (Lipinski definition) is 0. The van der Waals surface area contributed by atoms with Crippen molar-refractivity contribution in [2.75, 3.05) is 6.54 Å². The molecule has 1 aliphatic heterocycles. The fourth-order valence-corrected chi connectivity index (χ4v) is 0.932. The molecule has 0 aliphatic carbocycles. The molecule has 0 spiro atoms. The van der Waals surface area contributed by atoms with Gasteiger partial charge >= 0.3 is 0 Å². The quantitative estimate of drug-likeness (QED) is 0.508. The minimum Gasteiger partial charge on any atom is -0.279 e. The molecule has 1 radical (unpaired) electrons. The summed E-state index contributed by atoms with van der Waals surface area (Å²) in [6.07, 6.45) is 1.99. The van der Waals surface area contributed by atoms with E-state index in [4.69, 9.17) is 6.58 Å². The lowest BCUT2D eigenvalue weighted by molar-refractivity contribution is -0.137. The van der Waals surface area contributed by atoms with Crippen molar-refractivity contribution in [1.82, 2.24) is 4.90 Å². The Labute approximate surface area is 59.3 Å². The van der Waals surface area contributed by atoms with Gasteiger partial charge in [-0.05, 0) is 0 Å². The van der Waals surface area contributed by atoms with Gasteiger partial charge in [0.05, 0.1) is 0 Å². The second kappa shape index (κ2) is 2.64. The summed E-state index contributed by atoms with van der Waals surface area (Å²) in [4.78, 5) is 22.8. The van der Waals surface area contributed by atoms with Gasteiger partial charge < -0.3 is 0 Å². The number of hydrogen-bond acceptors (Lipinski definition) is 2. The molecule has 3 nitrogen and oxygen atoms in total. The molecule has 1 saturated heterocycles. The fourth-order valence-electron chi connectivity index (χ4n) is 0.932. The predicted molar refractivity (Wildman–Crippen MR) is 34.8 cm³/mol. The second-order valence-electron chi connectivity index (χ2n) is 2.13. The van der Waals surface area contributed by atoms with E-state index in [9.17, 15) is 9.59 Å². The summed E-state index contributed by atoms with van der Waals surface area (Å²) in [5.74, 6) is -0.238. The van der Waals surface area contributed by atoms with E-state index in [1.807, 2.05) is 0 Å². The average molecular weight is 138 g/mol. The third kappa shape index (κ3) is 1.07. The van der Waals surface area contributed by atoms with Crippen LogP contribution in [0.15, 0.2) is 6.08 Å². The molecule has 0 aromatic rings. The number of carbonyl (C=O) groups excluding carboxylic acids is 2. The minimum absolute atomic E-state index is 0.119. The number of likely N-dealkylation sites (tertiary alicyclic amines) is 1. The predicted octanol–water partition coefficient (Wildman–Crippen LogP) is 0.125. The molecule has 0 aromatic heterocycles. The van der Waals surface area contributed by atoms with Crippen molar-refractivity contribution in [2.45, 2.75) is 12.8 Å². The lowest BCUT2D eigenvalue weighted by Crippen LogP contribution is -2.28. The first-order valence-corrected chi connectivity index (χ1v) is 3.12. The van der Waals surface area contributed by atoms with E-state index < -0.39 is 0 Å². The molecule has 53 valence electrons. The van der Waals surface area contributed by atoms with Crippen LogP contribution in [0, 0.1) is 6.58 Å². The fraction of sp³-hybridized carbons (Fsp3) is 0.429. The van der Waals surface area contributed by atoms with Crippen molar-refractivity contribution in [3.05, 3.63) is 12.7 Å². The Morgan fingerprint density at radius 2 is 1.90 bits per heavy atom. The highest BCUT2D eigenvalue weighted by atomic mass is 16.2. The molecule has 0 unspecified atom stereocenters. The minimum atomic E-state index is -0.119. The lowest BCUT2D eigenvalue weighted by Gasteiger charge is -2.08. The van der Waals surface area contributed by atoms with Gasteiger partial charge in [0, 0.05) is 19.4 Å². The maximum absolute atomic E-state index is 10.8. The molecule has 1 fully saturated rings. The van der Waals surface area contributed by atoms with Crippen LogP contribution in [0.25, 0.3) is 0 Å². The first kappa shape index (κ1) is 6.99. The van der Waals surface area contributed by atoms with Crippen molar-refractivity contribution in [1.29, 1.82) is 0 Å². The van der Waals surface area contributed by atoms with Gasteiger partial charge in [0.25, 0.3) is 0 Å². The molecule has 0 bridgehead atoms. The SMILES string of the molecule is [CH]=CCN1C(=O)CCC1=O. The molecular weight excluding hydrogens is 130 g/mol. The van der Waals surface area contributed by atoms with Gasteiger partial charge in [0.15, 0.2) is 0 Å². The van der Waals surface area contributed by atoms with Crippen molar-refractivity contribution in [3.63, 3.8) is 0 Å². The summed E-state index contributed by atoms with van der Waals surface area (Å²) in [6, 6.07) is 0. The largest absolute Gasteiger partial charge is 0.279 e. The van der Waals surface area contributed by atoms with Crippen LogP contribution in [0.5, 0.6) is 0 Å². The normalized spacial score (nSPS) is 18.2. The molecule has 1 rings (SSSR count). The van der Waals surface area contributed by atoms with Crippen LogP contribution in [0.4, 0.5) is 0 Å². The molecule has 10 heavy (non-hydrogen) atoms. The van der Waals surface area contributed by atoms with Crippen LogP contribution in [-0.2, 0) is 9.59 Å². The summed E-state index contributed by atoms with van der Waals surface area (Å²) in [5.41, 5.74) is 0. The van der Waals surface area contributed by atoms with Gasteiger partial charge in [-0.1, -0.05) is 12.7 Å². The first-order valence-electron chi connectivity index (χ1n) is 3.12. The smallest absolute Gasteiger partial charge is 0.229 e. The van der Waals surface area contributed by atoms with Gasteiger partial charge in [0.1, 0.15) is 0 Å². The zero-order valence-corrected chi connectivity index (χ0v) is 5.54. The van der Waals surface area contributed by atoms with Gasteiger partial charge in [-0.15, -0.1) is 0 Å². The number of nitrogens with zero attached hydrogens (tertiary/aromatic N) is 1. The molecule has 3 heteroatoms. The van der Waals surface area contributed by atoms with Crippen LogP contribution < -0.4 is 0 Å². The molecule has 0 atom stereocenters. The summed E-state index contributed by atoms with van der Waals surface area (Å²) in [6.45, 7) is 5.31. The summed E-state index contributed by atoms with van der Waals surface area (Å²) in [5, 5.41) is 0. The third-order valence-corrected chi connectivity index (χ3v) is 1.44. The van der Waals surface area contributed by atoms with Gasteiger partial charge in [-0.2, -0.15) is 0 Å². The van der Waals surface area contributed by atoms with Crippen molar-refractivity contribution < 1.29 is 9.59 Å². The van der Waals surface area contributed by atoms with Gasteiger partial charge in [0.2, 0.25) is 11.8 Å². The zero-order valence-electron chi connectivity index (χ0n) is 5.54. The number of imide groups is 1. The Kier molecular flexibility index (Phi) is 1.85. The highest BCUT2D eigenvalue weighted by Crippen LogP contribution is 2.10. The maximum atomic E-state index is 10.8. The van der Waals surface area contributed by atoms with Gasteiger partial charge in [-0.25, -0.2) is 0 Å².